The predicted octanol–water partition coefficient (Wildman–Crippen LogP) is 5.26. The lowest BCUT2D eigenvalue weighted by Gasteiger charge is -2.15. The molecule has 1 saturated heterocycles. The number of thioether (sulfide) groups is 1. The van der Waals surface area contributed by atoms with Crippen molar-refractivity contribution in [3.8, 4) is 0 Å². The highest BCUT2D eigenvalue weighted by Crippen LogP contribution is 2.35. The Morgan fingerprint density at radius 1 is 1.17 bits per heavy atom. The number of aromatic nitrogens is 2. The van der Waals surface area contributed by atoms with E-state index in [9.17, 15) is 9.59 Å². The summed E-state index contributed by atoms with van der Waals surface area (Å²) in [6.07, 6.45) is 4.86. The number of thiocarbonyl (C=S) groups is 1. The predicted molar refractivity (Wildman–Crippen MR) is 142 cm³/mol. The summed E-state index contributed by atoms with van der Waals surface area (Å²) >= 11 is 12.9. The lowest BCUT2D eigenvalue weighted by molar-refractivity contribution is -0.122. The Balaban J connectivity index is 1.54. The van der Waals surface area contributed by atoms with Crippen LogP contribution in [0, 0.1) is 6.92 Å². The van der Waals surface area contributed by atoms with Crippen molar-refractivity contribution < 1.29 is 9.21 Å². The number of carbonyl (C=O) groups is 1. The Morgan fingerprint density at radius 2 is 2.00 bits per heavy atom. The number of benzene rings is 1. The molecule has 1 aromatic carbocycles. The minimum atomic E-state index is -0.294. The number of carbonyl (C=O) groups excluding carboxylic acids is 1. The number of hydrogen-bond donors (Lipinski definition) is 1. The lowest BCUT2D eigenvalue weighted by atomic mass is 10.2. The molecule has 0 bridgehead atoms. The number of halogens is 1. The normalized spacial score (nSPS) is 14.9. The van der Waals surface area contributed by atoms with Crippen LogP contribution >= 0.6 is 35.6 Å². The van der Waals surface area contributed by atoms with Crippen molar-refractivity contribution >= 4 is 63.3 Å². The first-order valence-corrected chi connectivity index (χ1v) is 12.3. The van der Waals surface area contributed by atoms with Crippen molar-refractivity contribution in [3.05, 3.63) is 104 Å². The van der Waals surface area contributed by atoms with E-state index in [2.05, 4.69) is 10.3 Å². The van der Waals surface area contributed by atoms with E-state index < -0.39 is 0 Å². The Kier molecular flexibility index (Phi) is 6.46. The first-order valence-electron chi connectivity index (χ1n) is 10.7. The van der Waals surface area contributed by atoms with Gasteiger partial charge in [0.25, 0.3) is 11.5 Å². The summed E-state index contributed by atoms with van der Waals surface area (Å²) in [5.74, 6) is 0.755. The van der Waals surface area contributed by atoms with Gasteiger partial charge in [0.1, 0.15) is 21.5 Å². The molecule has 1 aliphatic rings. The van der Waals surface area contributed by atoms with Crippen molar-refractivity contribution in [3.63, 3.8) is 0 Å². The molecule has 176 valence electrons. The fraction of sp³-hybridized carbons (Fsp3) is 0.120. The molecule has 3 aromatic heterocycles. The number of aryl methyl sites for hydroxylation is 1. The second-order valence-electron chi connectivity index (χ2n) is 7.91. The molecule has 1 amide bonds. The molecule has 0 unspecified atom stereocenters. The maximum Gasteiger partial charge on any atom is 0.267 e. The van der Waals surface area contributed by atoms with Gasteiger partial charge in [0.15, 0.2) is 0 Å². The van der Waals surface area contributed by atoms with Gasteiger partial charge in [-0.25, -0.2) is 4.98 Å². The molecule has 5 rings (SSSR count). The van der Waals surface area contributed by atoms with Gasteiger partial charge < -0.3 is 9.73 Å². The minimum absolute atomic E-state index is 0.249. The van der Waals surface area contributed by atoms with Crippen LogP contribution in [0.2, 0.25) is 5.02 Å². The molecule has 10 heteroatoms. The first-order chi connectivity index (χ1) is 16.9. The van der Waals surface area contributed by atoms with Gasteiger partial charge in [-0.3, -0.25) is 18.9 Å². The molecule has 1 fully saturated rings. The first kappa shape index (κ1) is 23.3. The van der Waals surface area contributed by atoms with Crippen molar-refractivity contribution in [2.24, 2.45) is 0 Å². The van der Waals surface area contributed by atoms with Crippen molar-refractivity contribution in [1.29, 1.82) is 0 Å². The second-order valence-corrected chi connectivity index (χ2v) is 9.99. The van der Waals surface area contributed by atoms with E-state index in [4.69, 9.17) is 28.2 Å². The molecule has 0 radical (unpaired) electrons. The van der Waals surface area contributed by atoms with Crippen molar-refractivity contribution in [1.82, 2.24) is 14.3 Å². The third kappa shape index (κ3) is 4.75. The topological polar surface area (TPSA) is 79.8 Å². The Labute approximate surface area is 215 Å². The van der Waals surface area contributed by atoms with Crippen LogP contribution in [0.3, 0.4) is 0 Å². The number of furan rings is 1. The summed E-state index contributed by atoms with van der Waals surface area (Å²) in [5.41, 5.74) is 2.16. The van der Waals surface area contributed by atoms with Crippen LogP contribution in [0.4, 0.5) is 5.82 Å². The maximum absolute atomic E-state index is 13.5. The zero-order valence-electron chi connectivity index (χ0n) is 18.5. The van der Waals surface area contributed by atoms with Gasteiger partial charge in [0.05, 0.1) is 29.8 Å². The molecule has 1 N–H and O–H groups in total. The van der Waals surface area contributed by atoms with E-state index in [1.807, 2.05) is 37.3 Å². The Bertz CT molecular complexity index is 1550. The molecule has 35 heavy (non-hydrogen) atoms. The average molecular weight is 523 g/mol. The number of fused-ring (bicyclic) bond motifs is 1. The van der Waals surface area contributed by atoms with E-state index in [0.717, 1.165) is 22.9 Å². The Morgan fingerprint density at radius 3 is 2.77 bits per heavy atom. The zero-order valence-corrected chi connectivity index (χ0v) is 20.9. The van der Waals surface area contributed by atoms with E-state index in [1.54, 1.807) is 36.7 Å². The molecule has 1 aliphatic heterocycles. The van der Waals surface area contributed by atoms with Crippen LogP contribution < -0.4 is 10.9 Å². The number of pyridine rings is 1. The number of hydrogen-bond acceptors (Lipinski definition) is 7. The van der Waals surface area contributed by atoms with Crippen LogP contribution in [0.5, 0.6) is 0 Å². The summed E-state index contributed by atoms with van der Waals surface area (Å²) in [5, 5.41) is 3.73. The molecule has 4 heterocycles. The average Bonchev–Trinajstić information content (AvgIpc) is 3.45. The Hall–Kier alpha value is -3.40. The molecular weight excluding hydrogens is 504 g/mol. The second kappa shape index (κ2) is 9.69. The molecule has 7 nitrogen and oxygen atoms in total. The number of anilines is 1. The van der Waals surface area contributed by atoms with Crippen LogP contribution in [-0.4, -0.2) is 24.5 Å². The summed E-state index contributed by atoms with van der Waals surface area (Å²) < 4.78 is 7.27. The molecule has 0 saturated carbocycles. The van der Waals surface area contributed by atoms with Crippen LogP contribution in [-0.2, 0) is 17.9 Å². The SMILES string of the molecule is Cc1ccc2nc(NCc3ccco3)c(/C=C3/SC(=S)N(Cc4ccccc4Cl)C3=O)c(=O)n2c1. The highest BCUT2D eigenvalue weighted by molar-refractivity contribution is 8.26. The smallest absolute Gasteiger partial charge is 0.267 e. The van der Waals surface area contributed by atoms with Gasteiger partial charge >= 0.3 is 0 Å². The van der Waals surface area contributed by atoms with Gasteiger partial charge in [-0.15, -0.1) is 0 Å². The monoisotopic (exact) mass is 522 g/mol. The van der Waals surface area contributed by atoms with E-state index >= 15 is 0 Å². The van der Waals surface area contributed by atoms with Crippen molar-refractivity contribution in [2.45, 2.75) is 20.0 Å². The van der Waals surface area contributed by atoms with Crippen LogP contribution in [0.25, 0.3) is 11.7 Å². The van der Waals surface area contributed by atoms with Gasteiger partial charge in [0, 0.05) is 11.2 Å². The largest absolute Gasteiger partial charge is 0.467 e. The molecule has 0 atom stereocenters. The van der Waals surface area contributed by atoms with Gasteiger partial charge in [-0.2, -0.15) is 0 Å². The highest BCUT2D eigenvalue weighted by Gasteiger charge is 2.33. The van der Waals surface area contributed by atoms with E-state index in [1.165, 1.54) is 9.30 Å². The van der Waals surface area contributed by atoms with E-state index in [-0.39, 0.29) is 23.6 Å². The van der Waals surface area contributed by atoms with Gasteiger partial charge in [-0.05, 0) is 48.4 Å². The minimum Gasteiger partial charge on any atom is -0.467 e. The van der Waals surface area contributed by atoms with Gasteiger partial charge in [-0.1, -0.05) is 59.8 Å². The number of rotatable bonds is 6. The molecule has 4 aromatic rings. The zero-order chi connectivity index (χ0) is 24.5. The summed E-state index contributed by atoms with van der Waals surface area (Å²) in [6.45, 7) is 2.48. The van der Waals surface area contributed by atoms with Crippen molar-refractivity contribution in [2.75, 3.05) is 5.32 Å². The number of amides is 1. The van der Waals surface area contributed by atoms with Gasteiger partial charge in [0.2, 0.25) is 0 Å². The van der Waals surface area contributed by atoms with Crippen LogP contribution in [0.1, 0.15) is 22.5 Å². The number of nitrogens with one attached hydrogen (secondary N) is 1. The summed E-state index contributed by atoms with van der Waals surface area (Å²) in [7, 11) is 0. The van der Waals surface area contributed by atoms with E-state index in [0.29, 0.717) is 38.0 Å². The quantitative estimate of drug-likeness (QED) is 0.273. The molecule has 0 spiro atoms. The highest BCUT2D eigenvalue weighted by atomic mass is 35.5. The third-order valence-electron chi connectivity index (χ3n) is 5.45. The fourth-order valence-corrected chi connectivity index (χ4v) is 5.10. The maximum atomic E-state index is 13.5. The summed E-state index contributed by atoms with van der Waals surface area (Å²) in [4.78, 5) is 33.2. The standard InChI is InChI=1S/C25H19ClN4O3S2/c1-15-8-9-21-28-22(27-12-17-6-4-10-33-17)18(23(31)29(21)13-15)11-20-24(32)30(25(34)35-20)14-16-5-2-3-7-19(16)26/h2-11,13,27H,12,14H2,1H3/b20-11+. The molecular formula is C25H19ClN4O3S2. The lowest BCUT2D eigenvalue weighted by Crippen LogP contribution is -2.27. The fourth-order valence-electron chi connectivity index (χ4n) is 3.67. The summed E-state index contributed by atoms with van der Waals surface area (Å²) in [6, 6.07) is 14.6. The number of nitrogens with zero attached hydrogens (tertiary/aromatic N) is 3. The molecule has 0 aliphatic carbocycles. The van der Waals surface area contributed by atoms with Crippen LogP contribution in [0.15, 0.2) is 75.1 Å². The third-order valence-corrected chi connectivity index (χ3v) is 7.20.